The van der Waals surface area contributed by atoms with E-state index in [0.29, 0.717) is 22.9 Å². The Morgan fingerprint density at radius 2 is 1.96 bits per heavy atom. The van der Waals surface area contributed by atoms with Crippen molar-refractivity contribution < 1.29 is 9.47 Å². The summed E-state index contributed by atoms with van der Waals surface area (Å²) in [5.74, 6) is 1.64. The molecule has 0 bridgehead atoms. The lowest BCUT2D eigenvalue weighted by Crippen LogP contribution is -2.12. The van der Waals surface area contributed by atoms with Crippen LogP contribution in [0.3, 0.4) is 0 Å². The summed E-state index contributed by atoms with van der Waals surface area (Å²) in [6.45, 7) is 0. The number of aryl methyl sites for hydroxylation is 1. The largest absolute Gasteiger partial charge is 0.493 e. The maximum absolute atomic E-state index is 9.63. The van der Waals surface area contributed by atoms with Crippen LogP contribution in [0.25, 0.3) is 11.1 Å². The molecule has 0 atom stereocenters. The van der Waals surface area contributed by atoms with Gasteiger partial charge in [0.1, 0.15) is 17.5 Å². The normalized spacial score (nSPS) is 13.1. The van der Waals surface area contributed by atoms with Gasteiger partial charge in [0.05, 0.1) is 17.8 Å². The summed E-state index contributed by atoms with van der Waals surface area (Å²) < 4.78 is 11.8. The van der Waals surface area contributed by atoms with E-state index in [-0.39, 0.29) is 0 Å². The van der Waals surface area contributed by atoms with Crippen LogP contribution in [0.15, 0.2) is 12.1 Å². The van der Waals surface area contributed by atoms with Gasteiger partial charge in [0.15, 0.2) is 11.5 Å². The second-order valence-electron chi connectivity index (χ2n) is 5.68. The molecule has 1 aromatic heterocycles. The number of benzene rings is 1. The molecule has 3 rings (SSSR count). The molecule has 124 valence electrons. The first-order chi connectivity index (χ1) is 11.6. The molecule has 0 spiro atoms. The third-order valence-electron chi connectivity index (χ3n) is 4.34. The summed E-state index contributed by atoms with van der Waals surface area (Å²) in [5, 5.41) is 9.63. The van der Waals surface area contributed by atoms with Gasteiger partial charge in [-0.05, 0) is 71.5 Å². The minimum atomic E-state index is 0.304. The number of hydrogen-bond acceptors (Lipinski definition) is 5. The molecule has 2 N–H and O–H groups in total. The number of ether oxygens (including phenoxy) is 2. The topological polar surface area (TPSA) is 81.2 Å². The first-order valence-corrected chi connectivity index (χ1v) is 8.81. The molecule has 0 amide bonds. The smallest absolute Gasteiger partial charge is 0.174 e. The summed E-state index contributed by atoms with van der Waals surface area (Å²) in [4.78, 5) is 4.47. The fourth-order valence-corrected chi connectivity index (χ4v) is 4.08. The predicted molar refractivity (Wildman–Crippen MR) is 101 cm³/mol. The van der Waals surface area contributed by atoms with E-state index in [1.165, 1.54) is 0 Å². The summed E-state index contributed by atoms with van der Waals surface area (Å²) in [5.41, 5.74) is 10.5. The monoisotopic (exact) mass is 435 g/mol. The third kappa shape index (κ3) is 2.77. The molecule has 0 fully saturated rings. The predicted octanol–water partition coefficient (Wildman–Crippen LogP) is 3.70. The van der Waals surface area contributed by atoms with Crippen LogP contribution in [0.2, 0.25) is 0 Å². The first kappa shape index (κ1) is 16.8. The quantitative estimate of drug-likeness (QED) is 0.744. The average Bonchev–Trinajstić information content (AvgIpc) is 2.59. The van der Waals surface area contributed by atoms with E-state index < -0.39 is 0 Å². The lowest BCUT2D eigenvalue weighted by atomic mass is 9.86. The number of aromatic nitrogens is 1. The van der Waals surface area contributed by atoms with Crippen molar-refractivity contribution in [3.63, 3.8) is 0 Å². The number of pyridine rings is 1. The van der Waals surface area contributed by atoms with E-state index in [1.54, 1.807) is 14.2 Å². The van der Waals surface area contributed by atoms with E-state index in [0.717, 1.165) is 51.6 Å². The fraction of sp³-hybridized carbons (Fsp3) is 0.333. The zero-order chi connectivity index (χ0) is 17.3. The molecular weight excluding hydrogens is 417 g/mol. The molecule has 0 saturated heterocycles. The van der Waals surface area contributed by atoms with Crippen molar-refractivity contribution in [2.45, 2.75) is 25.7 Å². The maximum atomic E-state index is 9.63. The number of nitrogens with zero attached hydrogens (tertiary/aromatic N) is 2. The van der Waals surface area contributed by atoms with Crippen molar-refractivity contribution in [1.29, 1.82) is 5.26 Å². The molecule has 0 aliphatic heterocycles. The van der Waals surface area contributed by atoms with Gasteiger partial charge in [-0.25, -0.2) is 4.98 Å². The first-order valence-electron chi connectivity index (χ1n) is 7.74. The maximum Gasteiger partial charge on any atom is 0.174 e. The molecule has 0 radical (unpaired) electrons. The number of anilines is 1. The standard InChI is InChI=1S/C18H18IN3O2/c1-23-15-8-10(7-13(19)17(15)24-2)16-11-5-3-4-6-14(11)22-18(21)12(16)9-20/h7-8H,3-6H2,1-2H3,(H2,21,22). The molecule has 0 unspecified atom stereocenters. The molecule has 24 heavy (non-hydrogen) atoms. The molecule has 1 aliphatic carbocycles. The van der Waals surface area contributed by atoms with Crippen LogP contribution >= 0.6 is 22.6 Å². The van der Waals surface area contributed by atoms with Crippen molar-refractivity contribution in [1.82, 2.24) is 4.98 Å². The van der Waals surface area contributed by atoms with Crippen LogP contribution in [0.4, 0.5) is 5.82 Å². The van der Waals surface area contributed by atoms with E-state index >= 15 is 0 Å². The molecular formula is C18H18IN3O2. The highest BCUT2D eigenvalue weighted by Crippen LogP contribution is 2.41. The molecule has 1 heterocycles. The summed E-state index contributed by atoms with van der Waals surface area (Å²) in [6, 6.07) is 6.15. The Morgan fingerprint density at radius 3 is 2.62 bits per heavy atom. The van der Waals surface area contributed by atoms with Crippen molar-refractivity contribution in [2.24, 2.45) is 0 Å². The molecule has 6 heteroatoms. The van der Waals surface area contributed by atoms with E-state index in [4.69, 9.17) is 15.2 Å². The van der Waals surface area contributed by atoms with Gasteiger partial charge in [0, 0.05) is 11.3 Å². The number of rotatable bonds is 3. The highest BCUT2D eigenvalue weighted by Gasteiger charge is 2.23. The van der Waals surface area contributed by atoms with Crippen molar-refractivity contribution >= 4 is 28.4 Å². The van der Waals surface area contributed by atoms with Gasteiger partial charge in [0.2, 0.25) is 0 Å². The summed E-state index contributed by atoms with van der Waals surface area (Å²) in [6.07, 6.45) is 4.02. The van der Waals surface area contributed by atoms with Crippen LogP contribution in [-0.4, -0.2) is 19.2 Å². The summed E-state index contributed by atoms with van der Waals surface area (Å²) in [7, 11) is 3.23. The highest BCUT2D eigenvalue weighted by molar-refractivity contribution is 14.1. The summed E-state index contributed by atoms with van der Waals surface area (Å²) >= 11 is 2.22. The van der Waals surface area contributed by atoms with Gasteiger partial charge < -0.3 is 15.2 Å². The minimum absolute atomic E-state index is 0.304. The van der Waals surface area contributed by atoms with Crippen LogP contribution in [-0.2, 0) is 12.8 Å². The van der Waals surface area contributed by atoms with Crippen molar-refractivity contribution in [3.05, 3.63) is 32.5 Å². The Kier molecular flexibility index (Phi) is 4.81. The van der Waals surface area contributed by atoms with Crippen LogP contribution in [0.1, 0.15) is 29.7 Å². The van der Waals surface area contributed by atoms with Gasteiger partial charge in [0.25, 0.3) is 0 Å². The number of halogens is 1. The second kappa shape index (κ2) is 6.85. The van der Waals surface area contributed by atoms with Crippen LogP contribution in [0, 0.1) is 14.9 Å². The Bertz CT molecular complexity index is 843. The number of nitrogens with two attached hydrogens (primary N) is 1. The van der Waals surface area contributed by atoms with Gasteiger partial charge in [-0.1, -0.05) is 0 Å². The molecule has 2 aromatic rings. The number of nitrogen functional groups attached to an aromatic ring is 1. The van der Waals surface area contributed by atoms with E-state index in [9.17, 15) is 5.26 Å². The fourth-order valence-electron chi connectivity index (χ4n) is 3.26. The van der Waals surface area contributed by atoms with Gasteiger partial charge in [-0.3, -0.25) is 0 Å². The van der Waals surface area contributed by atoms with Gasteiger partial charge in [-0.15, -0.1) is 0 Å². The number of fused-ring (bicyclic) bond motifs is 1. The van der Waals surface area contributed by atoms with Gasteiger partial charge in [-0.2, -0.15) is 5.26 Å². The Labute approximate surface area is 154 Å². The zero-order valence-corrected chi connectivity index (χ0v) is 15.8. The lowest BCUT2D eigenvalue weighted by Gasteiger charge is -2.22. The third-order valence-corrected chi connectivity index (χ3v) is 5.14. The van der Waals surface area contributed by atoms with Crippen LogP contribution in [0.5, 0.6) is 11.5 Å². The molecule has 1 aliphatic rings. The number of methoxy groups -OCH3 is 2. The molecule has 5 nitrogen and oxygen atoms in total. The Morgan fingerprint density at radius 1 is 1.21 bits per heavy atom. The molecule has 0 saturated carbocycles. The van der Waals surface area contributed by atoms with Crippen LogP contribution < -0.4 is 15.2 Å². The molecule has 1 aromatic carbocycles. The minimum Gasteiger partial charge on any atom is -0.493 e. The van der Waals surface area contributed by atoms with Crippen molar-refractivity contribution in [3.8, 4) is 28.7 Å². The average molecular weight is 435 g/mol. The zero-order valence-electron chi connectivity index (χ0n) is 13.6. The number of nitriles is 1. The second-order valence-corrected chi connectivity index (χ2v) is 6.85. The highest BCUT2D eigenvalue weighted by atomic mass is 127. The van der Waals surface area contributed by atoms with Gasteiger partial charge >= 0.3 is 0 Å². The Hall–Kier alpha value is -2.01. The number of hydrogen-bond donors (Lipinski definition) is 1. The lowest BCUT2D eigenvalue weighted by molar-refractivity contribution is 0.353. The SMILES string of the molecule is COc1cc(-c2c(C#N)c(N)nc3c2CCCC3)cc(I)c1OC. The van der Waals surface area contributed by atoms with E-state index in [1.807, 2.05) is 12.1 Å². The van der Waals surface area contributed by atoms with E-state index in [2.05, 4.69) is 33.6 Å². The Balaban J connectivity index is 2.32. The van der Waals surface area contributed by atoms with Crippen molar-refractivity contribution in [2.75, 3.05) is 20.0 Å².